The van der Waals surface area contributed by atoms with E-state index in [-0.39, 0.29) is 18.4 Å². The smallest absolute Gasteiger partial charge is 0.228 e. The van der Waals surface area contributed by atoms with Crippen molar-refractivity contribution in [2.75, 3.05) is 31.6 Å². The number of nitrogens with one attached hydrogen (secondary N) is 1. The first-order valence-corrected chi connectivity index (χ1v) is 9.39. The van der Waals surface area contributed by atoms with Gasteiger partial charge in [-0.05, 0) is 56.1 Å². The lowest BCUT2D eigenvalue weighted by molar-refractivity contribution is 0.166. The van der Waals surface area contributed by atoms with Crippen LogP contribution in [0.25, 0.3) is 16.8 Å². The van der Waals surface area contributed by atoms with Crippen LogP contribution in [0.4, 0.5) is 5.95 Å². The first-order chi connectivity index (χ1) is 13.2. The lowest BCUT2D eigenvalue weighted by Crippen LogP contribution is -2.43. The van der Waals surface area contributed by atoms with E-state index >= 15 is 0 Å². The predicted molar refractivity (Wildman–Crippen MR) is 105 cm³/mol. The minimum atomic E-state index is 0.184. The van der Waals surface area contributed by atoms with E-state index in [1.165, 1.54) is 0 Å². The molecular formula is C20H25N5O2. The molecule has 0 unspecified atom stereocenters. The topological polar surface area (TPSA) is 85.9 Å². The second kappa shape index (κ2) is 7.54. The predicted octanol–water partition coefficient (Wildman–Crippen LogP) is 2.28. The third-order valence-corrected chi connectivity index (χ3v) is 5.13. The van der Waals surface area contributed by atoms with Gasteiger partial charge in [-0.25, -0.2) is 0 Å². The molecule has 3 heterocycles. The molecule has 0 bridgehead atoms. The molecule has 142 valence electrons. The van der Waals surface area contributed by atoms with Crippen molar-refractivity contribution < 1.29 is 10.2 Å². The molecule has 1 atom stereocenters. The number of aromatic hydroxyl groups is 1. The molecule has 1 aromatic carbocycles. The summed E-state index contributed by atoms with van der Waals surface area (Å²) >= 11 is 0. The molecular weight excluding hydrogens is 342 g/mol. The molecule has 0 saturated carbocycles. The molecule has 0 amide bonds. The van der Waals surface area contributed by atoms with Crippen LogP contribution in [-0.2, 0) is 0 Å². The van der Waals surface area contributed by atoms with Crippen molar-refractivity contribution in [1.29, 1.82) is 0 Å². The number of fused-ring (bicyclic) bond motifs is 1. The summed E-state index contributed by atoms with van der Waals surface area (Å²) in [5, 5.41) is 31.8. The van der Waals surface area contributed by atoms with Crippen molar-refractivity contribution in [3.05, 3.63) is 42.1 Å². The lowest BCUT2D eigenvalue weighted by Gasteiger charge is -2.32. The maximum Gasteiger partial charge on any atom is 0.228 e. The summed E-state index contributed by atoms with van der Waals surface area (Å²) in [4.78, 5) is 2.26. The summed E-state index contributed by atoms with van der Waals surface area (Å²) in [6.45, 7) is 4.73. The van der Waals surface area contributed by atoms with Gasteiger partial charge in [-0.3, -0.25) is 9.30 Å². The van der Waals surface area contributed by atoms with Crippen LogP contribution < -0.4 is 5.32 Å². The molecule has 0 radical (unpaired) electrons. The number of nitrogens with zero attached hydrogens (tertiary/aromatic N) is 4. The molecule has 0 spiro atoms. The standard InChI is InChI=1S/C20H25N5O2/c1-14-6-7-16(18(27)12-14)19-17-5-3-9-25(17)20(23-22-19)21-15-4-2-8-24(13-15)10-11-26/h3,5-7,9,12,15,26-27H,2,4,8,10-11,13H2,1H3,(H,21,23)/t15-/m1/s1. The van der Waals surface area contributed by atoms with E-state index in [0.29, 0.717) is 23.8 Å². The molecule has 4 rings (SSSR count). The molecule has 1 aliphatic heterocycles. The van der Waals surface area contributed by atoms with Crippen LogP contribution >= 0.6 is 0 Å². The van der Waals surface area contributed by atoms with Crippen molar-refractivity contribution in [3.63, 3.8) is 0 Å². The summed E-state index contributed by atoms with van der Waals surface area (Å²) < 4.78 is 1.98. The van der Waals surface area contributed by atoms with Gasteiger partial charge in [0, 0.05) is 30.9 Å². The summed E-state index contributed by atoms with van der Waals surface area (Å²) in [6, 6.07) is 9.78. The summed E-state index contributed by atoms with van der Waals surface area (Å²) in [5.41, 5.74) is 3.23. The average Bonchev–Trinajstić information content (AvgIpc) is 3.14. The largest absolute Gasteiger partial charge is 0.507 e. The summed E-state index contributed by atoms with van der Waals surface area (Å²) in [5.74, 6) is 0.904. The third kappa shape index (κ3) is 3.61. The Hall–Kier alpha value is -2.64. The van der Waals surface area contributed by atoms with Gasteiger partial charge >= 0.3 is 0 Å². The summed E-state index contributed by atoms with van der Waals surface area (Å²) in [6.07, 6.45) is 4.11. The number of hydrogen-bond donors (Lipinski definition) is 3. The van der Waals surface area contributed by atoms with E-state index in [9.17, 15) is 10.2 Å². The Morgan fingerprint density at radius 2 is 2.15 bits per heavy atom. The highest BCUT2D eigenvalue weighted by Crippen LogP contribution is 2.32. The number of likely N-dealkylation sites (tertiary alicyclic amines) is 1. The number of rotatable bonds is 5. The van der Waals surface area contributed by atoms with Crippen LogP contribution in [0.2, 0.25) is 0 Å². The highest BCUT2D eigenvalue weighted by molar-refractivity contribution is 5.81. The van der Waals surface area contributed by atoms with Crippen molar-refractivity contribution in [3.8, 4) is 17.0 Å². The number of aliphatic hydroxyl groups excluding tert-OH is 1. The van der Waals surface area contributed by atoms with Gasteiger partial charge in [0.1, 0.15) is 11.4 Å². The monoisotopic (exact) mass is 367 g/mol. The van der Waals surface area contributed by atoms with E-state index in [1.807, 2.05) is 41.8 Å². The third-order valence-electron chi connectivity index (χ3n) is 5.13. The highest BCUT2D eigenvalue weighted by atomic mass is 16.3. The number of aryl methyl sites for hydroxylation is 1. The number of aliphatic hydroxyl groups is 1. The molecule has 1 fully saturated rings. The molecule has 27 heavy (non-hydrogen) atoms. The number of hydrogen-bond acceptors (Lipinski definition) is 6. The van der Waals surface area contributed by atoms with E-state index in [0.717, 1.165) is 37.0 Å². The maximum absolute atomic E-state index is 10.3. The minimum Gasteiger partial charge on any atom is -0.507 e. The SMILES string of the molecule is Cc1ccc(-c2nnc(N[C@@H]3CCCN(CCO)C3)n3cccc23)c(O)c1. The van der Waals surface area contributed by atoms with E-state index < -0.39 is 0 Å². The van der Waals surface area contributed by atoms with Crippen LogP contribution in [0.5, 0.6) is 5.75 Å². The number of benzene rings is 1. The Morgan fingerprint density at radius 3 is 2.96 bits per heavy atom. The van der Waals surface area contributed by atoms with Crippen LogP contribution in [0.15, 0.2) is 36.5 Å². The van der Waals surface area contributed by atoms with Gasteiger partial charge < -0.3 is 15.5 Å². The molecule has 2 aromatic heterocycles. The molecule has 3 N–H and O–H groups in total. The Bertz CT molecular complexity index is 937. The average molecular weight is 367 g/mol. The quantitative estimate of drug-likeness (QED) is 0.641. The van der Waals surface area contributed by atoms with Crippen LogP contribution in [0.1, 0.15) is 18.4 Å². The molecule has 7 heteroatoms. The van der Waals surface area contributed by atoms with Crippen LogP contribution in [0, 0.1) is 6.92 Å². The fraction of sp³-hybridized carbons (Fsp3) is 0.400. The zero-order valence-corrected chi connectivity index (χ0v) is 15.5. The van der Waals surface area contributed by atoms with Gasteiger partial charge in [0.15, 0.2) is 0 Å². The Morgan fingerprint density at radius 1 is 1.26 bits per heavy atom. The zero-order chi connectivity index (χ0) is 18.8. The fourth-order valence-corrected chi connectivity index (χ4v) is 3.79. The van der Waals surface area contributed by atoms with Gasteiger partial charge in [0.25, 0.3) is 0 Å². The Labute approximate surface area is 158 Å². The number of phenols is 1. The first-order valence-electron chi connectivity index (χ1n) is 9.39. The molecule has 3 aromatic rings. The molecule has 1 saturated heterocycles. The molecule has 0 aliphatic carbocycles. The Balaban J connectivity index is 1.63. The van der Waals surface area contributed by atoms with Crippen molar-refractivity contribution in [1.82, 2.24) is 19.5 Å². The number of phenolic OH excluding ortho intramolecular Hbond substituents is 1. The van der Waals surface area contributed by atoms with Gasteiger partial charge in [0.2, 0.25) is 5.95 Å². The maximum atomic E-state index is 10.3. The number of anilines is 1. The zero-order valence-electron chi connectivity index (χ0n) is 15.5. The molecule has 7 nitrogen and oxygen atoms in total. The van der Waals surface area contributed by atoms with Gasteiger partial charge in [-0.2, -0.15) is 0 Å². The Kier molecular flexibility index (Phi) is 4.96. The van der Waals surface area contributed by atoms with Crippen molar-refractivity contribution >= 4 is 11.5 Å². The molecule has 1 aliphatic rings. The second-order valence-electron chi connectivity index (χ2n) is 7.16. The first kappa shape index (κ1) is 17.8. The van der Waals surface area contributed by atoms with Crippen molar-refractivity contribution in [2.45, 2.75) is 25.8 Å². The van der Waals surface area contributed by atoms with Crippen LogP contribution in [0.3, 0.4) is 0 Å². The highest BCUT2D eigenvalue weighted by Gasteiger charge is 2.21. The second-order valence-corrected chi connectivity index (χ2v) is 7.16. The van der Waals surface area contributed by atoms with E-state index in [2.05, 4.69) is 20.4 Å². The lowest BCUT2D eigenvalue weighted by atomic mass is 10.1. The van der Waals surface area contributed by atoms with Crippen molar-refractivity contribution in [2.24, 2.45) is 0 Å². The van der Waals surface area contributed by atoms with Gasteiger partial charge in [-0.1, -0.05) is 6.07 Å². The minimum absolute atomic E-state index is 0.184. The normalized spacial score (nSPS) is 18.1. The summed E-state index contributed by atoms with van der Waals surface area (Å²) in [7, 11) is 0. The number of aromatic nitrogens is 3. The van der Waals surface area contributed by atoms with Crippen LogP contribution in [-0.4, -0.2) is 62.0 Å². The number of piperidine rings is 1. The van der Waals surface area contributed by atoms with Gasteiger partial charge in [0.05, 0.1) is 12.1 Å². The fourth-order valence-electron chi connectivity index (χ4n) is 3.79. The van der Waals surface area contributed by atoms with E-state index in [4.69, 9.17) is 0 Å². The van der Waals surface area contributed by atoms with Gasteiger partial charge in [-0.15, -0.1) is 10.2 Å². The van der Waals surface area contributed by atoms with E-state index in [1.54, 1.807) is 6.07 Å². The number of β-amino-alcohol motifs (C(OH)–C–C–N with tert-alkyl or cyclic N) is 1.